The van der Waals surface area contributed by atoms with Crippen LogP contribution in [0.15, 0.2) is 35.5 Å². The molecule has 1 aliphatic carbocycles. The molecule has 114 valence electrons. The number of hydrogen-bond acceptors (Lipinski definition) is 3. The SMILES string of the molecule is CC(NNC(=O)COc1ccc(C(C)(C)C)cc1)=C1CC1. The zero-order valence-corrected chi connectivity index (χ0v) is 13.2. The minimum Gasteiger partial charge on any atom is -0.484 e. The quantitative estimate of drug-likeness (QED) is 0.819. The summed E-state index contributed by atoms with van der Waals surface area (Å²) < 4.78 is 5.48. The van der Waals surface area contributed by atoms with E-state index in [1.807, 2.05) is 31.2 Å². The molecule has 0 spiro atoms. The summed E-state index contributed by atoms with van der Waals surface area (Å²) in [5, 5.41) is 0. The molecule has 0 saturated heterocycles. The van der Waals surface area contributed by atoms with Crippen LogP contribution in [-0.2, 0) is 10.2 Å². The molecule has 0 bridgehead atoms. The largest absolute Gasteiger partial charge is 0.484 e. The van der Waals surface area contributed by atoms with E-state index in [-0.39, 0.29) is 17.9 Å². The maximum absolute atomic E-state index is 11.7. The number of benzene rings is 1. The monoisotopic (exact) mass is 288 g/mol. The molecule has 2 N–H and O–H groups in total. The zero-order valence-electron chi connectivity index (χ0n) is 13.2. The predicted octanol–water partition coefficient (Wildman–Crippen LogP) is 3.05. The number of hydrazine groups is 1. The Morgan fingerprint density at radius 3 is 2.29 bits per heavy atom. The van der Waals surface area contributed by atoms with Crippen molar-refractivity contribution in [2.24, 2.45) is 0 Å². The van der Waals surface area contributed by atoms with Crippen molar-refractivity contribution < 1.29 is 9.53 Å². The summed E-state index contributed by atoms with van der Waals surface area (Å²) in [6.45, 7) is 8.47. The highest BCUT2D eigenvalue weighted by molar-refractivity contribution is 5.77. The first-order valence-corrected chi connectivity index (χ1v) is 7.33. The third-order valence-electron chi connectivity index (χ3n) is 3.51. The highest BCUT2D eigenvalue weighted by Crippen LogP contribution is 2.29. The number of carbonyl (C=O) groups excluding carboxylic acids is 1. The Labute approximate surface area is 126 Å². The molecular weight excluding hydrogens is 264 g/mol. The van der Waals surface area contributed by atoms with Gasteiger partial charge in [-0.15, -0.1) is 0 Å². The van der Waals surface area contributed by atoms with E-state index < -0.39 is 0 Å². The summed E-state index contributed by atoms with van der Waals surface area (Å²) in [4.78, 5) is 11.7. The van der Waals surface area contributed by atoms with Crippen molar-refractivity contribution in [3.05, 3.63) is 41.1 Å². The highest BCUT2D eigenvalue weighted by atomic mass is 16.5. The van der Waals surface area contributed by atoms with Crippen molar-refractivity contribution in [1.29, 1.82) is 0 Å². The van der Waals surface area contributed by atoms with Crippen LogP contribution in [0.1, 0.15) is 46.1 Å². The second-order valence-corrected chi connectivity index (χ2v) is 6.46. The van der Waals surface area contributed by atoms with Gasteiger partial charge in [-0.2, -0.15) is 0 Å². The summed E-state index contributed by atoms with van der Waals surface area (Å²) in [5.41, 5.74) is 9.32. The van der Waals surface area contributed by atoms with Gasteiger partial charge in [0.1, 0.15) is 5.75 Å². The summed E-state index contributed by atoms with van der Waals surface area (Å²) in [7, 11) is 0. The Kier molecular flexibility index (Phi) is 4.56. The van der Waals surface area contributed by atoms with Crippen LogP contribution in [0.5, 0.6) is 5.75 Å². The Hall–Kier alpha value is -1.97. The normalized spacial score (nSPS) is 13.6. The fourth-order valence-electron chi connectivity index (χ4n) is 1.93. The van der Waals surface area contributed by atoms with Gasteiger partial charge in [-0.1, -0.05) is 32.9 Å². The van der Waals surface area contributed by atoms with Crippen LogP contribution >= 0.6 is 0 Å². The lowest BCUT2D eigenvalue weighted by Crippen LogP contribution is -2.39. The van der Waals surface area contributed by atoms with E-state index in [4.69, 9.17) is 4.74 Å². The third kappa shape index (κ3) is 4.81. The molecule has 0 radical (unpaired) electrons. The maximum atomic E-state index is 11.7. The molecule has 4 heteroatoms. The molecule has 1 amide bonds. The van der Waals surface area contributed by atoms with Crippen LogP contribution in [0.3, 0.4) is 0 Å². The summed E-state index contributed by atoms with van der Waals surface area (Å²) in [5.74, 6) is 0.519. The van der Waals surface area contributed by atoms with E-state index in [0.29, 0.717) is 5.75 Å². The van der Waals surface area contributed by atoms with Crippen molar-refractivity contribution in [3.8, 4) is 5.75 Å². The van der Waals surface area contributed by atoms with E-state index in [1.165, 1.54) is 11.1 Å². The van der Waals surface area contributed by atoms with Gasteiger partial charge in [0.15, 0.2) is 6.61 Å². The first kappa shape index (κ1) is 15.4. The topological polar surface area (TPSA) is 50.4 Å². The van der Waals surface area contributed by atoms with Crippen molar-refractivity contribution >= 4 is 5.91 Å². The van der Waals surface area contributed by atoms with Gasteiger partial charge in [-0.3, -0.25) is 10.2 Å². The minimum atomic E-state index is -0.185. The predicted molar refractivity (Wildman–Crippen MR) is 83.8 cm³/mol. The van der Waals surface area contributed by atoms with Gasteiger partial charge in [0.05, 0.1) is 0 Å². The molecule has 0 aromatic heterocycles. The summed E-state index contributed by atoms with van der Waals surface area (Å²) >= 11 is 0. The van der Waals surface area contributed by atoms with Gasteiger partial charge >= 0.3 is 0 Å². The molecule has 21 heavy (non-hydrogen) atoms. The molecule has 0 aliphatic heterocycles. The van der Waals surface area contributed by atoms with Gasteiger partial charge in [-0.05, 0) is 48.4 Å². The van der Waals surface area contributed by atoms with Gasteiger partial charge in [0.25, 0.3) is 5.91 Å². The standard InChI is InChI=1S/C17H24N2O2/c1-12(13-5-6-13)18-19-16(20)11-21-15-9-7-14(8-10-15)17(2,3)4/h7-10,18H,5-6,11H2,1-4H3,(H,19,20). The van der Waals surface area contributed by atoms with Crippen molar-refractivity contribution in [3.63, 3.8) is 0 Å². The Bertz CT molecular complexity index is 533. The van der Waals surface area contributed by atoms with Crippen LogP contribution in [0.25, 0.3) is 0 Å². The van der Waals surface area contributed by atoms with Gasteiger partial charge in [0, 0.05) is 5.70 Å². The lowest BCUT2D eigenvalue weighted by Gasteiger charge is -2.19. The molecule has 2 rings (SSSR count). The number of ether oxygens (including phenoxy) is 1. The molecule has 4 nitrogen and oxygen atoms in total. The van der Waals surface area contributed by atoms with E-state index in [9.17, 15) is 4.79 Å². The molecular formula is C17H24N2O2. The fraction of sp³-hybridized carbons (Fsp3) is 0.471. The Morgan fingerprint density at radius 1 is 1.14 bits per heavy atom. The van der Waals surface area contributed by atoms with Crippen molar-refractivity contribution in [2.45, 2.75) is 46.0 Å². The fourth-order valence-corrected chi connectivity index (χ4v) is 1.93. The van der Waals surface area contributed by atoms with Gasteiger partial charge in [0.2, 0.25) is 0 Å². The van der Waals surface area contributed by atoms with Crippen LogP contribution < -0.4 is 15.6 Å². The maximum Gasteiger partial charge on any atom is 0.276 e. The Morgan fingerprint density at radius 2 is 1.76 bits per heavy atom. The lowest BCUT2D eigenvalue weighted by molar-refractivity contribution is -0.123. The first-order valence-electron chi connectivity index (χ1n) is 7.33. The number of allylic oxidation sites excluding steroid dienone is 2. The molecule has 1 saturated carbocycles. The third-order valence-corrected chi connectivity index (χ3v) is 3.51. The lowest BCUT2D eigenvalue weighted by atomic mass is 9.87. The van der Waals surface area contributed by atoms with Gasteiger partial charge < -0.3 is 10.2 Å². The number of nitrogens with one attached hydrogen (secondary N) is 2. The average Bonchev–Trinajstić information content (AvgIpc) is 3.26. The number of carbonyl (C=O) groups is 1. The van der Waals surface area contributed by atoms with Crippen LogP contribution in [0.2, 0.25) is 0 Å². The van der Waals surface area contributed by atoms with E-state index in [2.05, 4.69) is 31.6 Å². The minimum absolute atomic E-state index is 0.00444. The van der Waals surface area contributed by atoms with Crippen molar-refractivity contribution in [2.75, 3.05) is 6.61 Å². The highest BCUT2D eigenvalue weighted by Gasteiger charge is 2.15. The smallest absolute Gasteiger partial charge is 0.276 e. The molecule has 1 fully saturated rings. The molecule has 1 aromatic rings. The molecule has 1 aliphatic rings. The zero-order chi connectivity index (χ0) is 15.5. The molecule has 0 atom stereocenters. The second-order valence-electron chi connectivity index (χ2n) is 6.46. The number of hydrogen-bond donors (Lipinski definition) is 2. The average molecular weight is 288 g/mol. The van der Waals surface area contributed by atoms with Crippen LogP contribution in [0, 0.1) is 0 Å². The summed E-state index contributed by atoms with van der Waals surface area (Å²) in [6, 6.07) is 7.87. The Balaban J connectivity index is 1.77. The number of amides is 1. The molecule has 1 aromatic carbocycles. The molecule has 0 unspecified atom stereocenters. The number of rotatable bonds is 5. The van der Waals surface area contributed by atoms with E-state index in [0.717, 1.165) is 18.5 Å². The summed E-state index contributed by atoms with van der Waals surface area (Å²) in [6.07, 6.45) is 2.26. The van der Waals surface area contributed by atoms with Crippen LogP contribution in [-0.4, -0.2) is 12.5 Å². The van der Waals surface area contributed by atoms with Gasteiger partial charge in [-0.25, -0.2) is 0 Å². The molecule has 0 heterocycles. The van der Waals surface area contributed by atoms with E-state index >= 15 is 0 Å². The van der Waals surface area contributed by atoms with Crippen LogP contribution in [0.4, 0.5) is 0 Å². The van der Waals surface area contributed by atoms with E-state index in [1.54, 1.807) is 0 Å². The van der Waals surface area contributed by atoms with Crippen molar-refractivity contribution in [1.82, 2.24) is 10.9 Å². The first-order chi connectivity index (χ1) is 9.86. The second kappa shape index (κ2) is 6.20.